The molecular formula is C23H33IN4O2. The van der Waals surface area contributed by atoms with Crippen LogP contribution >= 0.6 is 24.0 Å². The minimum atomic E-state index is 0. The van der Waals surface area contributed by atoms with Crippen LogP contribution in [0.4, 0.5) is 0 Å². The van der Waals surface area contributed by atoms with Gasteiger partial charge in [-0.15, -0.1) is 24.0 Å². The second-order valence-electron chi connectivity index (χ2n) is 6.69. The Morgan fingerprint density at radius 1 is 1.17 bits per heavy atom. The van der Waals surface area contributed by atoms with Crippen LogP contribution in [0.15, 0.2) is 64.9 Å². The minimum absolute atomic E-state index is 0. The standard InChI is InChI=1S/C23H32N4O2.HI/c1-4-17-29-21-13-7-6-12-20(21)18-26-23(24-5-2)25-15-8-9-16-27-19(3)11-10-14-22(27)28;/h4,6-7,10-14H,1,5,8-9,15-18H2,2-3H3,(H2,24,25,26);1H. The first-order valence-corrected chi connectivity index (χ1v) is 10.2. The van der Waals surface area contributed by atoms with Gasteiger partial charge in [-0.1, -0.05) is 36.9 Å². The Balaban J connectivity index is 0.00000450. The Kier molecular flexibility index (Phi) is 12.6. The molecule has 0 bridgehead atoms. The number of nitrogens with one attached hydrogen (secondary N) is 2. The molecule has 0 atom stereocenters. The van der Waals surface area contributed by atoms with Crippen LogP contribution in [0.25, 0.3) is 0 Å². The van der Waals surface area contributed by atoms with E-state index >= 15 is 0 Å². The van der Waals surface area contributed by atoms with Crippen LogP contribution in [-0.4, -0.2) is 30.2 Å². The molecule has 1 aromatic carbocycles. The largest absolute Gasteiger partial charge is 0.489 e. The molecule has 0 saturated heterocycles. The minimum Gasteiger partial charge on any atom is -0.489 e. The predicted octanol–water partition coefficient (Wildman–Crippen LogP) is 3.88. The smallest absolute Gasteiger partial charge is 0.250 e. The average molecular weight is 524 g/mol. The van der Waals surface area contributed by atoms with E-state index in [4.69, 9.17) is 4.74 Å². The van der Waals surface area contributed by atoms with Crippen LogP contribution in [0.3, 0.4) is 0 Å². The summed E-state index contributed by atoms with van der Waals surface area (Å²) < 4.78 is 7.52. The van der Waals surface area contributed by atoms with Gasteiger partial charge in [0.05, 0.1) is 6.54 Å². The molecule has 2 aromatic rings. The normalized spacial score (nSPS) is 10.8. The summed E-state index contributed by atoms with van der Waals surface area (Å²) in [5.41, 5.74) is 2.09. The molecule has 0 spiro atoms. The zero-order valence-corrected chi connectivity index (χ0v) is 20.2. The van der Waals surface area contributed by atoms with Gasteiger partial charge in [0.25, 0.3) is 5.56 Å². The summed E-state index contributed by atoms with van der Waals surface area (Å²) in [6, 6.07) is 13.3. The van der Waals surface area contributed by atoms with Crippen molar-refractivity contribution in [1.29, 1.82) is 0 Å². The number of halogens is 1. The summed E-state index contributed by atoms with van der Waals surface area (Å²) in [6.45, 7) is 11.0. The Hall–Kier alpha value is -2.29. The molecule has 0 aliphatic rings. The summed E-state index contributed by atoms with van der Waals surface area (Å²) in [5.74, 6) is 1.61. The highest BCUT2D eigenvalue weighted by atomic mass is 127. The van der Waals surface area contributed by atoms with Gasteiger partial charge in [0.2, 0.25) is 0 Å². The van der Waals surface area contributed by atoms with Crippen LogP contribution in [-0.2, 0) is 13.1 Å². The van der Waals surface area contributed by atoms with Gasteiger partial charge in [0, 0.05) is 37.0 Å². The quantitative estimate of drug-likeness (QED) is 0.154. The van der Waals surface area contributed by atoms with Gasteiger partial charge in [-0.2, -0.15) is 0 Å². The highest BCUT2D eigenvalue weighted by molar-refractivity contribution is 14.0. The third-order valence-electron chi connectivity index (χ3n) is 4.45. The van der Waals surface area contributed by atoms with E-state index in [0.717, 1.165) is 55.4 Å². The average Bonchev–Trinajstić information content (AvgIpc) is 2.72. The van der Waals surface area contributed by atoms with Crippen molar-refractivity contribution in [3.8, 4) is 5.75 Å². The first-order valence-electron chi connectivity index (χ1n) is 10.2. The van der Waals surface area contributed by atoms with Crippen LogP contribution in [0.2, 0.25) is 0 Å². The van der Waals surface area contributed by atoms with Gasteiger partial charge in [-0.25, -0.2) is 4.99 Å². The Labute approximate surface area is 196 Å². The zero-order valence-electron chi connectivity index (χ0n) is 17.9. The van der Waals surface area contributed by atoms with E-state index in [0.29, 0.717) is 13.2 Å². The molecular weight excluding hydrogens is 491 g/mol. The van der Waals surface area contributed by atoms with Crippen molar-refractivity contribution in [2.24, 2.45) is 4.99 Å². The molecule has 0 unspecified atom stereocenters. The van der Waals surface area contributed by atoms with Gasteiger partial charge < -0.3 is 19.9 Å². The second-order valence-corrected chi connectivity index (χ2v) is 6.69. The number of nitrogens with zero attached hydrogens (tertiary/aromatic N) is 2. The van der Waals surface area contributed by atoms with Crippen molar-refractivity contribution in [2.75, 3.05) is 19.7 Å². The van der Waals surface area contributed by atoms with Gasteiger partial charge in [0.15, 0.2) is 5.96 Å². The van der Waals surface area contributed by atoms with E-state index in [2.05, 4.69) is 22.2 Å². The highest BCUT2D eigenvalue weighted by Crippen LogP contribution is 2.18. The molecule has 0 radical (unpaired) electrons. The second kappa shape index (κ2) is 14.7. The van der Waals surface area contributed by atoms with Crippen molar-refractivity contribution in [3.63, 3.8) is 0 Å². The summed E-state index contributed by atoms with van der Waals surface area (Å²) in [4.78, 5) is 16.6. The van der Waals surface area contributed by atoms with Crippen molar-refractivity contribution >= 4 is 29.9 Å². The van der Waals surface area contributed by atoms with E-state index < -0.39 is 0 Å². The van der Waals surface area contributed by atoms with Crippen LogP contribution in [0.1, 0.15) is 31.0 Å². The first-order chi connectivity index (χ1) is 14.2. The number of para-hydroxylation sites is 1. The van der Waals surface area contributed by atoms with Crippen LogP contribution in [0, 0.1) is 6.92 Å². The molecule has 164 valence electrons. The monoisotopic (exact) mass is 524 g/mol. The number of hydrogen-bond donors (Lipinski definition) is 2. The molecule has 0 amide bonds. The van der Waals surface area contributed by atoms with E-state index in [1.165, 1.54) is 0 Å². The van der Waals surface area contributed by atoms with E-state index in [9.17, 15) is 4.79 Å². The van der Waals surface area contributed by atoms with Gasteiger partial charge in [-0.05, 0) is 38.8 Å². The van der Waals surface area contributed by atoms with Gasteiger partial charge in [0.1, 0.15) is 12.4 Å². The lowest BCUT2D eigenvalue weighted by Gasteiger charge is -2.13. The maximum atomic E-state index is 11.9. The van der Waals surface area contributed by atoms with Gasteiger partial charge in [-0.3, -0.25) is 4.79 Å². The predicted molar refractivity (Wildman–Crippen MR) is 135 cm³/mol. The Morgan fingerprint density at radius 3 is 2.70 bits per heavy atom. The molecule has 30 heavy (non-hydrogen) atoms. The topological polar surface area (TPSA) is 67.7 Å². The number of guanidine groups is 1. The number of unbranched alkanes of at least 4 members (excludes halogenated alkanes) is 1. The Bertz CT molecular complexity index is 864. The van der Waals surface area contributed by atoms with Crippen molar-refractivity contribution in [1.82, 2.24) is 15.2 Å². The SMILES string of the molecule is C=CCOc1ccccc1CN=C(NCC)NCCCCn1c(C)cccc1=O.I. The summed E-state index contributed by atoms with van der Waals surface area (Å²) >= 11 is 0. The third-order valence-corrected chi connectivity index (χ3v) is 4.45. The van der Waals surface area contributed by atoms with E-state index in [1.54, 1.807) is 18.2 Å². The number of aliphatic imine (C=N–C) groups is 1. The Morgan fingerprint density at radius 2 is 1.97 bits per heavy atom. The fourth-order valence-electron chi connectivity index (χ4n) is 2.94. The lowest BCUT2D eigenvalue weighted by molar-refractivity contribution is 0.359. The summed E-state index contributed by atoms with van der Waals surface area (Å²) in [7, 11) is 0. The first kappa shape index (κ1) is 25.7. The molecule has 1 heterocycles. The lowest BCUT2D eigenvalue weighted by Crippen LogP contribution is -2.37. The maximum absolute atomic E-state index is 11.9. The summed E-state index contributed by atoms with van der Waals surface area (Å²) in [5, 5.41) is 6.63. The fourth-order valence-corrected chi connectivity index (χ4v) is 2.94. The molecule has 0 aliphatic heterocycles. The number of hydrogen-bond acceptors (Lipinski definition) is 3. The van der Waals surface area contributed by atoms with Crippen molar-refractivity contribution in [2.45, 2.75) is 39.8 Å². The number of pyridine rings is 1. The molecule has 2 rings (SSSR count). The summed E-state index contributed by atoms with van der Waals surface area (Å²) in [6.07, 6.45) is 3.61. The lowest BCUT2D eigenvalue weighted by atomic mass is 10.2. The zero-order chi connectivity index (χ0) is 20.9. The maximum Gasteiger partial charge on any atom is 0.250 e. The van der Waals surface area contributed by atoms with Crippen molar-refractivity contribution in [3.05, 3.63) is 76.7 Å². The molecule has 0 saturated carbocycles. The third kappa shape index (κ3) is 8.61. The fraction of sp³-hybridized carbons (Fsp3) is 0.391. The van der Waals surface area contributed by atoms with E-state index in [-0.39, 0.29) is 29.5 Å². The molecule has 7 heteroatoms. The number of aromatic nitrogens is 1. The molecule has 0 aliphatic carbocycles. The number of rotatable bonds is 11. The van der Waals surface area contributed by atoms with E-state index in [1.807, 2.05) is 48.7 Å². The number of aryl methyl sites for hydroxylation is 1. The molecule has 0 fully saturated rings. The van der Waals surface area contributed by atoms with Crippen LogP contribution < -0.4 is 20.9 Å². The number of benzene rings is 1. The highest BCUT2D eigenvalue weighted by Gasteiger charge is 2.04. The molecule has 6 nitrogen and oxygen atoms in total. The number of ether oxygens (including phenoxy) is 1. The van der Waals surface area contributed by atoms with Crippen LogP contribution in [0.5, 0.6) is 5.75 Å². The molecule has 2 N–H and O–H groups in total. The van der Waals surface area contributed by atoms with Crippen molar-refractivity contribution < 1.29 is 4.74 Å². The van der Waals surface area contributed by atoms with Gasteiger partial charge >= 0.3 is 0 Å². The molecule has 1 aromatic heterocycles.